The van der Waals surface area contributed by atoms with Crippen LogP contribution in [0, 0.1) is 19.3 Å². The normalized spacial score (nSPS) is 10.8. The Hall–Kier alpha value is -2.37. The van der Waals surface area contributed by atoms with E-state index in [0.29, 0.717) is 10.7 Å². The second-order valence-electron chi connectivity index (χ2n) is 4.50. The van der Waals surface area contributed by atoms with Crippen LogP contribution in [0.4, 0.5) is 5.13 Å². The minimum Gasteiger partial charge on any atom is -0.465 e. The summed E-state index contributed by atoms with van der Waals surface area (Å²) in [6.45, 7) is 1.48. The molecule has 0 atom stereocenters. The third kappa shape index (κ3) is 3.36. The third-order valence-electron chi connectivity index (χ3n) is 3.03. The van der Waals surface area contributed by atoms with E-state index in [1.807, 2.05) is 0 Å². The zero-order valence-electron chi connectivity index (χ0n) is 12.5. The molecule has 120 valence electrons. The van der Waals surface area contributed by atoms with Crippen LogP contribution in [0.1, 0.15) is 15.9 Å². The van der Waals surface area contributed by atoms with Crippen molar-refractivity contribution in [3.8, 4) is 12.3 Å². The van der Waals surface area contributed by atoms with Gasteiger partial charge in [0.2, 0.25) is 0 Å². The van der Waals surface area contributed by atoms with Gasteiger partial charge in [0.05, 0.1) is 24.1 Å². The van der Waals surface area contributed by atoms with Crippen LogP contribution in [0.2, 0.25) is 0 Å². The SMILES string of the molecule is C#CCN(c1nccs1)S(=O)(=O)c1ccc(C(=O)OC)cc1C. The molecule has 8 heteroatoms. The van der Waals surface area contributed by atoms with Gasteiger partial charge in [-0.2, -0.15) is 0 Å². The summed E-state index contributed by atoms with van der Waals surface area (Å²) in [6, 6.07) is 4.24. The quantitative estimate of drug-likeness (QED) is 0.609. The molecule has 0 amide bonds. The number of anilines is 1. The predicted octanol–water partition coefficient (Wildman–Crippen LogP) is 2.07. The van der Waals surface area contributed by atoms with Crippen LogP contribution in [0.5, 0.6) is 0 Å². The van der Waals surface area contributed by atoms with E-state index >= 15 is 0 Å². The van der Waals surface area contributed by atoms with Crippen molar-refractivity contribution in [3.05, 3.63) is 40.9 Å². The number of ether oxygens (including phenoxy) is 1. The highest BCUT2D eigenvalue weighted by atomic mass is 32.2. The number of nitrogens with zero attached hydrogens (tertiary/aromatic N) is 2. The Balaban J connectivity index is 2.50. The molecule has 0 radical (unpaired) electrons. The van der Waals surface area contributed by atoms with E-state index in [1.165, 1.54) is 42.8 Å². The zero-order valence-corrected chi connectivity index (χ0v) is 14.1. The van der Waals surface area contributed by atoms with E-state index < -0.39 is 16.0 Å². The maximum Gasteiger partial charge on any atom is 0.337 e. The van der Waals surface area contributed by atoms with Crippen molar-refractivity contribution in [3.63, 3.8) is 0 Å². The molecular formula is C15H14N2O4S2. The molecule has 0 aliphatic carbocycles. The van der Waals surface area contributed by atoms with Crippen molar-refractivity contribution >= 4 is 32.5 Å². The second-order valence-corrected chi connectivity index (χ2v) is 7.21. The minimum atomic E-state index is -3.88. The average Bonchev–Trinajstić information content (AvgIpc) is 3.05. The molecule has 0 aliphatic rings. The van der Waals surface area contributed by atoms with Gasteiger partial charge in [0.25, 0.3) is 10.0 Å². The lowest BCUT2D eigenvalue weighted by atomic mass is 10.1. The molecule has 0 unspecified atom stereocenters. The largest absolute Gasteiger partial charge is 0.465 e. The van der Waals surface area contributed by atoms with Crippen LogP contribution in [0.15, 0.2) is 34.7 Å². The van der Waals surface area contributed by atoms with Gasteiger partial charge >= 0.3 is 5.97 Å². The molecule has 0 saturated carbocycles. The lowest BCUT2D eigenvalue weighted by Crippen LogP contribution is -2.31. The summed E-state index contributed by atoms with van der Waals surface area (Å²) in [6.07, 6.45) is 6.80. The van der Waals surface area contributed by atoms with Gasteiger partial charge in [0, 0.05) is 11.6 Å². The highest BCUT2D eigenvalue weighted by Gasteiger charge is 2.28. The second kappa shape index (κ2) is 6.81. The van der Waals surface area contributed by atoms with Gasteiger partial charge in [-0.05, 0) is 30.7 Å². The maximum atomic E-state index is 12.9. The number of sulfonamides is 1. The summed E-state index contributed by atoms with van der Waals surface area (Å²) in [5.41, 5.74) is 0.702. The zero-order chi connectivity index (χ0) is 17.0. The van der Waals surface area contributed by atoms with Crippen LogP contribution in [0.25, 0.3) is 0 Å². The number of benzene rings is 1. The number of thiazole rings is 1. The maximum absolute atomic E-state index is 12.9. The van der Waals surface area contributed by atoms with E-state index in [-0.39, 0.29) is 17.0 Å². The molecule has 0 spiro atoms. The number of rotatable bonds is 5. The standard InChI is InChI=1S/C15H14N2O4S2/c1-4-8-17(15-16-7-9-22-15)23(19,20)13-6-5-12(10-11(13)2)14(18)21-3/h1,5-7,9-10H,8H2,2-3H3. The lowest BCUT2D eigenvalue weighted by molar-refractivity contribution is 0.0600. The Bertz CT molecular complexity index is 852. The van der Waals surface area contributed by atoms with Gasteiger partial charge in [-0.3, -0.25) is 0 Å². The third-order valence-corrected chi connectivity index (χ3v) is 5.84. The minimum absolute atomic E-state index is 0.0654. The first-order valence-electron chi connectivity index (χ1n) is 6.46. The van der Waals surface area contributed by atoms with Crippen molar-refractivity contribution in [1.29, 1.82) is 0 Å². The molecule has 1 aromatic heterocycles. The summed E-state index contributed by atoms with van der Waals surface area (Å²) in [5, 5.41) is 1.96. The number of aryl methyl sites for hydroxylation is 1. The fourth-order valence-electron chi connectivity index (χ4n) is 1.98. The molecule has 2 aromatic rings. The lowest BCUT2D eigenvalue weighted by Gasteiger charge is -2.20. The van der Waals surface area contributed by atoms with Crippen LogP contribution < -0.4 is 4.31 Å². The summed E-state index contributed by atoms with van der Waals surface area (Å²) < 4.78 is 31.4. The molecule has 0 fully saturated rings. The molecular weight excluding hydrogens is 336 g/mol. The number of methoxy groups -OCH3 is 1. The van der Waals surface area contributed by atoms with E-state index in [0.717, 1.165) is 4.31 Å². The van der Waals surface area contributed by atoms with Crippen LogP contribution in [-0.2, 0) is 14.8 Å². The van der Waals surface area contributed by atoms with Crippen LogP contribution in [0.3, 0.4) is 0 Å². The molecule has 23 heavy (non-hydrogen) atoms. The molecule has 0 bridgehead atoms. The number of carbonyl (C=O) groups is 1. The van der Waals surface area contributed by atoms with Crippen LogP contribution >= 0.6 is 11.3 Å². The summed E-state index contributed by atoms with van der Waals surface area (Å²) >= 11 is 1.18. The Labute approximate surface area is 138 Å². The molecule has 2 rings (SSSR count). The molecule has 0 aliphatic heterocycles. The molecule has 6 nitrogen and oxygen atoms in total. The van der Waals surface area contributed by atoms with Gasteiger partial charge in [0.15, 0.2) is 5.13 Å². The van der Waals surface area contributed by atoms with Crippen molar-refractivity contribution in [2.24, 2.45) is 0 Å². The van der Waals surface area contributed by atoms with Crippen LogP contribution in [-0.4, -0.2) is 33.0 Å². The highest BCUT2D eigenvalue weighted by molar-refractivity contribution is 7.93. The molecule has 0 N–H and O–H groups in total. The van der Waals surface area contributed by atoms with Crippen molar-refractivity contribution in [2.45, 2.75) is 11.8 Å². The number of hydrogen-bond donors (Lipinski definition) is 0. The van der Waals surface area contributed by atoms with Gasteiger partial charge in [-0.25, -0.2) is 22.5 Å². The van der Waals surface area contributed by atoms with Crippen molar-refractivity contribution in [1.82, 2.24) is 4.98 Å². The average molecular weight is 350 g/mol. The highest BCUT2D eigenvalue weighted by Crippen LogP contribution is 2.27. The van der Waals surface area contributed by atoms with Crippen molar-refractivity contribution in [2.75, 3.05) is 18.0 Å². The molecule has 1 heterocycles. The first-order valence-corrected chi connectivity index (χ1v) is 8.78. The Morgan fingerprint density at radius 2 is 2.22 bits per heavy atom. The number of hydrogen-bond acceptors (Lipinski definition) is 6. The smallest absolute Gasteiger partial charge is 0.337 e. The van der Waals surface area contributed by atoms with E-state index in [1.54, 1.807) is 12.3 Å². The first kappa shape index (κ1) is 17.0. The predicted molar refractivity (Wildman–Crippen MR) is 88.0 cm³/mol. The number of esters is 1. The fraction of sp³-hybridized carbons (Fsp3) is 0.200. The number of aromatic nitrogens is 1. The van der Waals surface area contributed by atoms with Crippen molar-refractivity contribution < 1.29 is 17.9 Å². The Morgan fingerprint density at radius 1 is 1.48 bits per heavy atom. The topological polar surface area (TPSA) is 76.6 Å². The molecule has 0 saturated heterocycles. The van der Waals surface area contributed by atoms with Gasteiger partial charge in [0.1, 0.15) is 0 Å². The first-order chi connectivity index (χ1) is 10.9. The fourth-order valence-corrected chi connectivity index (χ4v) is 4.39. The van der Waals surface area contributed by atoms with E-state index in [2.05, 4.69) is 15.6 Å². The van der Waals surface area contributed by atoms with Gasteiger partial charge in [-0.15, -0.1) is 17.8 Å². The Morgan fingerprint density at radius 3 is 2.74 bits per heavy atom. The van der Waals surface area contributed by atoms with Gasteiger partial charge in [-0.1, -0.05) is 5.92 Å². The summed E-state index contributed by atoms with van der Waals surface area (Å²) in [7, 11) is -2.62. The molecule has 1 aromatic carbocycles. The van der Waals surface area contributed by atoms with E-state index in [4.69, 9.17) is 6.42 Å². The van der Waals surface area contributed by atoms with E-state index in [9.17, 15) is 13.2 Å². The Kier molecular flexibility index (Phi) is 5.03. The summed E-state index contributed by atoms with van der Waals surface area (Å²) in [4.78, 5) is 15.6. The monoisotopic (exact) mass is 350 g/mol. The number of carbonyl (C=O) groups excluding carboxylic acids is 1. The van der Waals surface area contributed by atoms with Gasteiger partial charge < -0.3 is 4.74 Å². The summed E-state index contributed by atoms with van der Waals surface area (Å²) in [5.74, 6) is 1.80. The number of terminal acetylenes is 1.